The number of hydrogen-bond donors (Lipinski definition) is 0. The van der Waals surface area contributed by atoms with Crippen molar-refractivity contribution in [1.82, 2.24) is 9.80 Å². The zero-order valence-corrected chi connectivity index (χ0v) is 15.8. The van der Waals surface area contributed by atoms with Gasteiger partial charge in [0.15, 0.2) is 0 Å². The number of piperidine rings is 1. The Labute approximate surface area is 150 Å². The Morgan fingerprint density at radius 2 is 1.68 bits per heavy atom. The van der Waals surface area contributed by atoms with Gasteiger partial charge in [-0.25, -0.2) is 0 Å². The number of benzene rings is 1. The van der Waals surface area contributed by atoms with Crippen molar-refractivity contribution in [2.75, 3.05) is 38.6 Å². The molecule has 1 aromatic rings. The molecule has 0 aliphatic carbocycles. The van der Waals surface area contributed by atoms with Crippen LogP contribution in [-0.2, 0) is 9.59 Å². The van der Waals surface area contributed by atoms with Crippen molar-refractivity contribution in [1.29, 1.82) is 0 Å². The van der Waals surface area contributed by atoms with Crippen molar-refractivity contribution < 1.29 is 9.59 Å². The van der Waals surface area contributed by atoms with E-state index in [-0.39, 0.29) is 17.9 Å². The van der Waals surface area contributed by atoms with E-state index < -0.39 is 5.92 Å². The normalized spacial score (nSPS) is 22.5. The van der Waals surface area contributed by atoms with Crippen LogP contribution in [0.2, 0.25) is 0 Å². The molecule has 0 spiro atoms. The second-order valence-corrected chi connectivity index (χ2v) is 7.56. The molecule has 1 aromatic carbocycles. The number of carbonyl (C=O) groups is 2. The Kier molecular flexibility index (Phi) is 5.13. The van der Waals surface area contributed by atoms with E-state index in [1.807, 2.05) is 48.9 Å². The van der Waals surface area contributed by atoms with Crippen LogP contribution < -0.4 is 4.90 Å². The van der Waals surface area contributed by atoms with Gasteiger partial charge in [-0.15, -0.1) is 0 Å². The van der Waals surface area contributed by atoms with Crippen LogP contribution in [0.15, 0.2) is 18.2 Å². The summed E-state index contributed by atoms with van der Waals surface area (Å²) in [6.07, 6.45) is 2.59. The van der Waals surface area contributed by atoms with Crippen molar-refractivity contribution in [2.24, 2.45) is 5.92 Å². The fraction of sp³-hybridized carbons (Fsp3) is 0.600. The van der Waals surface area contributed by atoms with E-state index in [1.165, 1.54) is 0 Å². The second kappa shape index (κ2) is 7.16. The molecule has 2 aliphatic rings. The van der Waals surface area contributed by atoms with Crippen LogP contribution >= 0.6 is 0 Å². The largest absolute Gasteiger partial charge is 0.342 e. The predicted octanol–water partition coefficient (Wildman–Crippen LogP) is 2.21. The third-order valence-corrected chi connectivity index (χ3v) is 5.80. The van der Waals surface area contributed by atoms with Gasteiger partial charge in [-0.3, -0.25) is 9.59 Å². The van der Waals surface area contributed by atoms with E-state index in [1.54, 1.807) is 0 Å². The molecule has 0 N–H and O–H groups in total. The van der Waals surface area contributed by atoms with Gasteiger partial charge < -0.3 is 14.7 Å². The van der Waals surface area contributed by atoms with Crippen molar-refractivity contribution >= 4 is 17.5 Å². The van der Waals surface area contributed by atoms with Gasteiger partial charge >= 0.3 is 0 Å². The van der Waals surface area contributed by atoms with Crippen LogP contribution in [0.1, 0.15) is 30.4 Å². The molecule has 0 aromatic heterocycles. The fourth-order valence-corrected chi connectivity index (χ4v) is 4.17. The van der Waals surface area contributed by atoms with Crippen molar-refractivity contribution in [3.63, 3.8) is 0 Å². The van der Waals surface area contributed by atoms with Crippen molar-refractivity contribution in [3.8, 4) is 0 Å². The second-order valence-electron chi connectivity index (χ2n) is 7.56. The van der Waals surface area contributed by atoms with Crippen LogP contribution in [0.25, 0.3) is 0 Å². The Hall–Kier alpha value is -1.88. The minimum absolute atomic E-state index is 0.00621. The van der Waals surface area contributed by atoms with E-state index in [4.69, 9.17) is 0 Å². The summed E-state index contributed by atoms with van der Waals surface area (Å²) in [6, 6.07) is 6.31. The number of carbonyl (C=O) groups excluding carboxylic acids is 2. The van der Waals surface area contributed by atoms with E-state index in [0.29, 0.717) is 13.0 Å². The quantitative estimate of drug-likeness (QED) is 0.791. The molecular weight excluding hydrogens is 314 g/mol. The number of anilines is 1. The minimum atomic E-state index is -0.524. The van der Waals surface area contributed by atoms with Crippen LogP contribution in [0.3, 0.4) is 0 Å². The molecule has 25 heavy (non-hydrogen) atoms. The Balaban J connectivity index is 1.72. The minimum Gasteiger partial charge on any atom is -0.342 e. The zero-order valence-electron chi connectivity index (χ0n) is 15.8. The Bertz CT molecular complexity index is 645. The fourth-order valence-electron chi connectivity index (χ4n) is 4.17. The monoisotopic (exact) mass is 343 g/mol. The Morgan fingerprint density at radius 3 is 2.28 bits per heavy atom. The van der Waals surface area contributed by atoms with Gasteiger partial charge in [0.25, 0.3) is 0 Å². The summed E-state index contributed by atoms with van der Waals surface area (Å²) in [4.78, 5) is 31.9. The lowest BCUT2D eigenvalue weighted by Gasteiger charge is -2.36. The van der Waals surface area contributed by atoms with Crippen LogP contribution in [0.4, 0.5) is 5.69 Å². The van der Waals surface area contributed by atoms with Gasteiger partial charge in [-0.2, -0.15) is 0 Å². The zero-order chi connectivity index (χ0) is 18.1. The lowest BCUT2D eigenvalue weighted by Crippen LogP contribution is -2.47. The molecule has 0 radical (unpaired) electrons. The number of hydrogen-bond acceptors (Lipinski definition) is 3. The summed E-state index contributed by atoms with van der Waals surface area (Å²) in [5, 5.41) is 0. The summed E-state index contributed by atoms with van der Waals surface area (Å²) in [7, 11) is 3.98. The highest BCUT2D eigenvalue weighted by atomic mass is 16.2. The third kappa shape index (κ3) is 3.43. The van der Waals surface area contributed by atoms with Gasteiger partial charge in [0.2, 0.25) is 11.8 Å². The third-order valence-electron chi connectivity index (χ3n) is 5.80. The molecule has 2 aliphatic heterocycles. The number of nitrogens with zero attached hydrogens (tertiary/aromatic N) is 3. The maximum atomic E-state index is 13.0. The van der Waals surface area contributed by atoms with Crippen LogP contribution in [-0.4, -0.2) is 61.4 Å². The molecule has 0 saturated carbocycles. The summed E-state index contributed by atoms with van der Waals surface area (Å²) in [5.41, 5.74) is 3.15. The van der Waals surface area contributed by atoms with Gasteiger partial charge in [-0.1, -0.05) is 18.2 Å². The molecule has 0 bridgehead atoms. The van der Waals surface area contributed by atoms with Gasteiger partial charge in [0, 0.05) is 25.3 Å². The van der Waals surface area contributed by atoms with E-state index in [2.05, 4.69) is 11.9 Å². The molecule has 2 heterocycles. The first-order valence-corrected chi connectivity index (χ1v) is 9.23. The predicted molar refractivity (Wildman–Crippen MR) is 99.7 cm³/mol. The summed E-state index contributed by atoms with van der Waals surface area (Å²) in [6.45, 7) is 6.69. The van der Waals surface area contributed by atoms with Crippen LogP contribution in [0, 0.1) is 19.8 Å². The topological polar surface area (TPSA) is 43.9 Å². The Morgan fingerprint density at radius 1 is 1.08 bits per heavy atom. The highest BCUT2D eigenvalue weighted by molar-refractivity contribution is 6.10. The molecule has 1 unspecified atom stereocenters. The SMILES string of the molecule is Cc1cccc(C)c1N1CCC(C(=O)N(C)C2CCN(C)CC2)C1=O. The maximum Gasteiger partial charge on any atom is 0.239 e. The van der Waals surface area contributed by atoms with Crippen molar-refractivity contribution in [2.45, 2.75) is 39.2 Å². The summed E-state index contributed by atoms with van der Waals surface area (Å²) in [5.74, 6) is -0.570. The molecule has 5 heteroatoms. The van der Waals surface area contributed by atoms with Crippen LogP contribution in [0.5, 0.6) is 0 Å². The standard InChI is InChI=1S/C20H29N3O2/c1-14-6-5-7-15(2)18(14)23-13-10-17(20(23)25)19(24)22(4)16-8-11-21(3)12-9-16/h5-7,16-17H,8-13H2,1-4H3. The summed E-state index contributed by atoms with van der Waals surface area (Å²) >= 11 is 0. The number of aryl methyl sites for hydroxylation is 2. The first-order valence-electron chi connectivity index (χ1n) is 9.23. The summed E-state index contributed by atoms with van der Waals surface area (Å²) < 4.78 is 0. The maximum absolute atomic E-state index is 13.0. The first kappa shape index (κ1) is 17.9. The smallest absolute Gasteiger partial charge is 0.239 e. The van der Waals surface area contributed by atoms with E-state index in [0.717, 1.165) is 42.7 Å². The van der Waals surface area contributed by atoms with Gasteiger partial charge in [-0.05, 0) is 64.4 Å². The highest BCUT2D eigenvalue weighted by Crippen LogP contribution is 2.32. The average Bonchev–Trinajstić information content (AvgIpc) is 2.96. The molecule has 2 fully saturated rings. The van der Waals surface area contributed by atoms with E-state index >= 15 is 0 Å². The van der Waals surface area contributed by atoms with E-state index in [9.17, 15) is 9.59 Å². The molecule has 136 valence electrons. The molecule has 5 nitrogen and oxygen atoms in total. The molecule has 1 atom stereocenters. The number of likely N-dealkylation sites (tertiary alicyclic amines) is 1. The average molecular weight is 343 g/mol. The molecule has 3 rings (SSSR count). The lowest BCUT2D eigenvalue weighted by molar-refractivity contribution is -0.141. The highest BCUT2D eigenvalue weighted by Gasteiger charge is 2.41. The van der Waals surface area contributed by atoms with Gasteiger partial charge in [0.05, 0.1) is 0 Å². The first-order chi connectivity index (χ1) is 11.9. The van der Waals surface area contributed by atoms with Gasteiger partial charge in [0.1, 0.15) is 5.92 Å². The molecule has 2 amide bonds. The van der Waals surface area contributed by atoms with Crippen molar-refractivity contribution in [3.05, 3.63) is 29.3 Å². The lowest BCUT2D eigenvalue weighted by atomic mass is 10.0. The molecular formula is C20H29N3O2. The number of rotatable bonds is 3. The number of amides is 2. The number of para-hydroxylation sites is 1. The molecule has 2 saturated heterocycles.